The van der Waals surface area contributed by atoms with Gasteiger partial charge in [-0.1, -0.05) is 55.3 Å². The topological polar surface area (TPSA) is 27.0 Å². The van der Waals surface area contributed by atoms with Gasteiger partial charge >= 0.3 is 0 Å². The van der Waals surface area contributed by atoms with Crippen molar-refractivity contribution >= 4 is 0 Å². The van der Waals surface area contributed by atoms with Crippen LogP contribution in [0, 0.1) is 23.1 Å². The van der Waals surface area contributed by atoms with Crippen LogP contribution in [-0.4, -0.2) is 25.0 Å². The largest absolute Gasteiger partial charge is 0.306 e. The van der Waals surface area contributed by atoms with Gasteiger partial charge in [0.1, 0.15) is 5.82 Å². The molecule has 1 saturated carbocycles. The second-order valence-electron chi connectivity index (χ2n) is 8.21. The van der Waals surface area contributed by atoms with Crippen molar-refractivity contribution in [2.24, 2.45) is 5.92 Å². The van der Waals surface area contributed by atoms with E-state index in [1.165, 1.54) is 30.5 Å². The third kappa shape index (κ3) is 5.00. The highest BCUT2D eigenvalue weighted by Gasteiger charge is 2.41. The first-order chi connectivity index (χ1) is 13.6. The van der Waals surface area contributed by atoms with Crippen LogP contribution in [-0.2, 0) is 11.8 Å². The average Bonchev–Trinajstić information content (AvgIpc) is 3.27. The fourth-order valence-corrected chi connectivity index (χ4v) is 4.67. The standard InChI is InChI=1S/C25H31FN2/c1-28(19-16-21-8-3-2-4-9-21)18-7-17-25(20-27,22-10-5-6-11-22)23-12-14-24(26)15-13-23/h2-4,8-9,12-15,22H,5-7,10-11,16-19H2,1H3. The van der Waals surface area contributed by atoms with Gasteiger partial charge in [-0.15, -0.1) is 0 Å². The first kappa shape index (κ1) is 20.6. The van der Waals surface area contributed by atoms with Crippen molar-refractivity contribution in [2.75, 3.05) is 20.1 Å². The van der Waals surface area contributed by atoms with E-state index in [0.717, 1.165) is 50.8 Å². The van der Waals surface area contributed by atoms with Crippen molar-refractivity contribution in [1.29, 1.82) is 5.26 Å². The molecule has 2 aromatic rings. The first-order valence-corrected chi connectivity index (χ1v) is 10.5. The summed E-state index contributed by atoms with van der Waals surface area (Å²) in [6.07, 6.45) is 7.48. The third-order valence-corrected chi connectivity index (χ3v) is 6.35. The van der Waals surface area contributed by atoms with Crippen LogP contribution in [0.3, 0.4) is 0 Å². The Bertz CT molecular complexity index is 759. The Hall–Kier alpha value is -2.18. The van der Waals surface area contributed by atoms with E-state index in [2.05, 4.69) is 42.3 Å². The highest BCUT2D eigenvalue weighted by molar-refractivity contribution is 5.34. The number of nitrogens with zero attached hydrogens (tertiary/aromatic N) is 2. The molecule has 0 saturated heterocycles. The molecule has 0 bridgehead atoms. The summed E-state index contributed by atoms with van der Waals surface area (Å²) in [5.74, 6) is 0.153. The van der Waals surface area contributed by atoms with Crippen LogP contribution in [0.1, 0.15) is 49.7 Å². The van der Waals surface area contributed by atoms with Gasteiger partial charge in [0.05, 0.1) is 11.5 Å². The summed E-state index contributed by atoms with van der Waals surface area (Å²) in [5.41, 5.74) is 1.87. The maximum absolute atomic E-state index is 13.4. The molecule has 28 heavy (non-hydrogen) atoms. The van der Waals surface area contributed by atoms with Gasteiger partial charge in [0.2, 0.25) is 0 Å². The van der Waals surface area contributed by atoms with Gasteiger partial charge in [0, 0.05) is 6.54 Å². The summed E-state index contributed by atoms with van der Waals surface area (Å²) in [5, 5.41) is 10.2. The van der Waals surface area contributed by atoms with E-state index in [9.17, 15) is 9.65 Å². The van der Waals surface area contributed by atoms with Gasteiger partial charge in [-0.2, -0.15) is 5.26 Å². The lowest BCUT2D eigenvalue weighted by Crippen LogP contribution is -2.34. The minimum absolute atomic E-state index is 0.234. The number of hydrogen-bond donors (Lipinski definition) is 0. The Labute approximate surface area is 169 Å². The molecule has 0 aliphatic heterocycles. The molecule has 3 heteroatoms. The van der Waals surface area contributed by atoms with Crippen molar-refractivity contribution in [2.45, 2.75) is 50.4 Å². The molecule has 1 unspecified atom stereocenters. The van der Waals surface area contributed by atoms with Crippen LogP contribution in [0.2, 0.25) is 0 Å². The number of hydrogen-bond acceptors (Lipinski definition) is 2. The molecule has 0 spiro atoms. The fraction of sp³-hybridized carbons (Fsp3) is 0.480. The van der Waals surface area contributed by atoms with E-state index in [0.29, 0.717) is 5.92 Å². The molecule has 3 rings (SSSR count). The van der Waals surface area contributed by atoms with Crippen molar-refractivity contribution in [3.8, 4) is 6.07 Å². The van der Waals surface area contributed by atoms with E-state index in [4.69, 9.17) is 0 Å². The molecule has 0 heterocycles. The zero-order valence-corrected chi connectivity index (χ0v) is 16.9. The second-order valence-corrected chi connectivity index (χ2v) is 8.21. The van der Waals surface area contributed by atoms with Crippen LogP contribution in [0.15, 0.2) is 54.6 Å². The minimum Gasteiger partial charge on any atom is -0.306 e. The molecule has 1 aliphatic carbocycles. The second kappa shape index (κ2) is 9.85. The molecule has 0 aromatic heterocycles. The van der Waals surface area contributed by atoms with Crippen molar-refractivity contribution in [3.05, 3.63) is 71.5 Å². The molecule has 0 amide bonds. The minimum atomic E-state index is -0.482. The molecule has 0 N–H and O–H groups in total. The SMILES string of the molecule is CN(CCCC(C#N)(c1ccc(F)cc1)C1CCCC1)CCc1ccccc1. The molecular formula is C25H31FN2. The maximum Gasteiger partial charge on any atom is 0.123 e. The highest BCUT2D eigenvalue weighted by Crippen LogP contribution is 2.45. The molecule has 1 aliphatic rings. The van der Waals surface area contributed by atoms with E-state index >= 15 is 0 Å². The smallest absolute Gasteiger partial charge is 0.123 e. The summed E-state index contributed by atoms with van der Waals surface area (Å²) in [7, 11) is 2.16. The van der Waals surface area contributed by atoms with Crippen LogP contribution < -0.4 is 0 Å². The van der Waals surface area contributed by atoms with Crippen LogP contribution in [0.4, 0.5) is 4.39 Å². The summed E-state index contributed by atoms with van der Waals surface area (Å²) in [6, 6.07) is 19.9. The normalized spacial score (nSPS) is 16.8. The predicted octanol–water partition coefficient (Wildman–Crippen LogP) is 5.73. The zero-order chi connectivity index (χ0) is 19.8. The van der Waals surface area contributed by atoms with E-state index in [1.54, 1.807) is 0 Å². The molecule has 1 fully saturated rings. The predicted molar refractivity (Wildman–Crippen MR) is 113 cm³/mol. The molecule has 2 aromatic carbocycles. The summed E-state index contributed by atoms with van der Waals surface area (Å²) >= 11 is 0. The summed E-state index contributed by atoms with van der Waals surface area (Å²) < 4.78 is 13.4. The van der Waals surface area contributed by atoms with E-state index < -0.39 is 5.41 Å². The van der Waals surface area contributed by atoms with Gasteiger partial charge in [0.25, 0.3) is 0 Å². The Morgan fingerprint density at radius 1 is 1.04 bits per heavy atom. The number of nitriles is 1. The van der Waals surface area contributed by atoms with Gasteiger partial charge < -0.3 is 4.90 Å². The average molecular weight is 379 g/mol. The van der Waals surface area contributed by atoms with Crippen molar-refractivity contribution in [1.82, 2.24) is 4.90 Å². The molecular weight excluding hydrogens is 347 g/mol. The van der Waals surface area contributed by atoms with Gasteiger partial charge in [-0.05, 0) is 74.9 Å². The molecule has 0 radical (unpaired) electrons. The Morgan fingerprint density at radius 3 is 2.36 bits per heavy atom. The van der Waals surface area contributed by atoms with Gasteiger partial charge in [-0.3, -0.25) is 0 Å². The van der Waals surface area contributed by atoms with Crippen LogP contribution >= 0.6 is 0 Å². The lowest BCUT2D eigenvalue weighted by atomic mass is 9.67. The van der Waals surface area contributed by atoms with E-state index in [-0.39, 0.29) is 5.82 Å². The zero-order valence-electron chi connectivity index (χ0n) is 16.9. The Balaban J connectivity index is 1.61. The van der Waals surface area contributed by atoms with Gasteiger partial charge in [-0.25, -0.2) is 4.39 Å². The number of likely N-dealkylation sites (N-methyl/N-ethyl adjacent to an activating group) is 1. The molecule has 148 valence electrons. The molecule has 1 atom stereocenters. The quantitative estimate of drug-likeness (QED) is 0.557. The maximum atomic E-state index is 13.4. The highest BCUT2D eigenvalue weighted by atomic mass is 19.1. The number of rotatable bonds is 9. The van der Waals surface area contributed by atoms with Crippen molar-refractivity contribution in [3.63, 3.8) is 0 Å². The monoisotopic (exact) mass is 378 g/mol. The fourth-order valence-electron chi connectivity index (χ4n) is 4.67. The van der Waals surface area contributed by atoms with Crippen LogP contribution in [0.25, 0.3) is 0 Å². The van der Waals surface area contributed by atoms with Crippen molar-refractivity contribution < 1.29 is 4.39 Å². The van der Waals surface area contributed by atoms with E-state index in [1.807, 2.05) is 18.2 Å². The summed E-state index contributed by atoms with van der Waals surface area (Å²) in [4.78, 5) is 2.36. The Morgan fingerprint density at radius 2 is 1.71 bits per heavy atom. The summed E-state index contributed by atoms with van der Waals surface area (Å²) in [6.45, 7) is 1.99. The lowest BCUT2D eigenvalue weighted by Gasteiger charge is -2.34. The van der Waals surface area contributed by atoms with Crippen LogP contribution in [0.5, 0.6) is 0 Å². The number of benzene rings is 2. The third-order valence-electron chi connectivity index (χ3n) is 6.35. The van der Waals surface area contributed by atoms with Gasteiger partial charge in [0.15, 0.2) is 0 Å². The Kier molecular flexibility index (Phi) is 7.23. The number of halogens is 1. The molecule has 2 nitrogen and oxygen atoms in total. The first-order valence-electron chi connectivity index (χ1n) is 10.5. The lowest BCUT2D eigenvalue weighted by molar-refractivity contribution is 0.278.